The molecule has 0 radical (unpaired) electrons. The monoisotopic (exact) mass is 1100 g/mol. The van der Waals surface area contributed by atoms with E-state index in [0.717, 1.165) is 55.1 Å². The largest absolute Gasteiger partial charge is 0.439 e. The summed E-state index contributed by atoms with van der Waals surface area (Å²) in [5, 5.41) is 27.7. The second-order valence-electron chi connectivity index (χ2n) is 18.3. The molecular formula is C62H44N6O10S2. The molecule has 0 unspecified atom stereocenters. The van der Waals surface area contributed by atoms with Crippen molar-refractivity contribution in [1.82, 2.24) is 19.9 Å². The van der Waals surface area contributed by atoms with Gasteiger partial charge < -0.3 is 29.6 Å². The van der Waals surface area contributed by atoms with Crippen LogP contribution in [0.2, 0.25) is 0 Å². The van der Waals surface area contributed by atoms with Gasteiger partial charge in [-0.3, -0.25) is 4.55 Å². The molecule has 0 saturated heterocycles. The van der Waals surface area contributed by atoms with E-state index in [4.69, 9.17) is 23.3 Å². The van der Waals surface area contributed by atoms with Crippen molar-refractivity contribution in [3.63, 3.8) is 0 Å². The van der Waals surface area contributed by atoms with Crippen LogP contribution in [0.15, 0.2) is 228 Å². The summed E-state index contributed by atoms with van der Waals surface area (Å²) in [4.78, 5) is 18.6. The molecule has 0 spiro atoms. The van der Waals surface area contributed by atoms with Crippen molar-refractivity contribution in [2.45, 2.75) is 22.6 Å². The molecule has 0 aliphatic heterocycles. The predicted octanol–water partition coefficient (Wildman–Crippen LogP) is 16.0. The second-order valence-corrected chi connectivity index (χ2v) is 20.4. The van der Waals surface area contributed by atoms with Gasteiger partial charge in [0.2, 0.25) is 11.8 Å². The van der Waals surface area contributed by atoms with Crippen LogP contribution in [0.3, 0.4) is 0 Å². The van der Waals surface area contributed by atoms with Crippen LogP contribution in [0.25, 0.3) is 43.1 Å². The number of anilines is 4. The number of nitrogens with one attached hydrogen (secondary N) is 2. The molecule has 12 aromatic rings. The zero-order chi connectivity index (χ0) is 54.4. The first-order valence-electron chi connectivity index (χ1n) is 25.0. The number of benzene rings is 10. The average Bonchev–Trinajstić information content (AvgIpc) is 3.48. The first-order chi connectivity index (χ1) is 39.1. The minimum Gasteiger partial charge on any atom is -0.439 e. The third-order valence-corrected chi connectivity index (χ3v) is 14.5. The molecular weight excluding hydrogens is 1050 g/mol. The van der Waals surface area contributed by atoms with Crippen molar-refractivity contribution in [2.24, 2.45) is 0 Å². The molecule has 16 nitrogen and oxygen atoms in total. The summed E-state index contributed by atoms with van der Waals surface area (Å²) in [7, 11) is -4.77. The van der Waals surface area contributed by atoms with E-state index < -0.39 is 10.1 Å². The summed E-state index contributed by atoms with van der Waals surface area (Å²) in [6.07, 6.45) is 0.401. The normalized spacial score (nSPS) is 11.5. The Morgan fingerprint density at radius 2 is 0.800 bits per heavy atom. The highest BCUT2D eigenvalue weighted by molar-refractivity contribution is 7.94. The predicted molar refractivity (Wildman–Crippen MR) is 307 cm³/mol. The summed E-state index contributed by atoms with van der Waals surface area (Å²) in [6.45, 7) is 0. The maximum absolute atomic E-state index is 13.1. The number of aryl methyl sites for hydroxylation is 2. The van der Waals surface area contributed by atoms with Crippen LogP contribution in [-0.4, -0.2) is 38.2 Å². The van der Waals surface area contributed by atoms with Gasteiger partial charge >= 0.3 is 12.0 Å². The Hall–Kier alpha value is -9.66. The highest BCUT2D eigenvalue weighted by Crippen LogP contribution is 2.36. The summed E-state index contributed by atoms with van der Waals surface area (Å²) in [5.74, 6) is 2.97. The maximum atomic E-state index is 13.1. The van der Waals surface area contributed by atoms with Gasteiger partial charge in [-0.1, -0.05) is 138 Å². The SMILES string of the molecule is O=S(=O)(O)c1cc(Nc2cc(Oc3ccc4ccccc4c3)nc(Oc3ccc4ccccc4c3)n2)ccc1CCc1ccc(Nc2cc(Oc3ccc4ccccc4c3)nc(Oc3ccc4ccccc4c3)n2)cc1SOOO. The van der Waals surface area contributed by atoms with Gasteiger partial charge in [-0.15, -0.1) is 4.33 Å². The van der Waals surface area contributed by atoms with Gasteiger partial charge in [0.1, 0.15) is 34.6 Å². The van der Waals surface area contributed by atoms with Gasteiger partial charge in [0, 0.05) is 28.4 Å². The molecule has 12 rings (SSSR count). The van der Waals surface area contributed by atoms with Gasteiger partial charge in [-0.05, 0) is 140 Å². The van der Waals surface area contributed by atoms with Crippen LogP contribution in [0.4, 0.5) is 23.0 Å². The van der Waals surface area contributed by atoms with E-state index >= 15 is 0 Å². The summed E-state index contributed by atoms with van der Waals surface area (Å²) >= 11 is 0.731. The van der Waals surface area contributed by atoms with Crippen LogP contribution in [0.5, 0.6) is 46.8 Å². The van der Waals surface area contributed by atoms with E-state index in [-0.39, 0.29) is 53.0 Å². The summed E-state index contributed by atoms with van der Waals surface area (Å²) < 4.78 is 66.8. The molecule has 2 heterocycles. The van der Waals surface area contributed by atoms with Crippen molar-refractivity contribution in [3.05, 3.63) is 230 Å². The lowest BCUT2D eigenvalue weighted by molar-refractivity contribution is -0.432. The van der Waals surface area contributed by atoms with Crippen LogP contribution in [-0.2, 0) is 32.3 Å². The number of aromatic nitrogens is 4. The summed E-state index contributed by atoms with van der Waals surface area (Å²) in [6, 6.07) is 67.4. The number of hydrogen-bond acceptors (Lipinski definition) is 16. The van der Waals surface area contributed by atoms with E-state index in [1.807, 2.05) is 170 Å². The number of fused-ring (bicyclic) bond motifs is 4. The molecule has 0 aliphatic rings. The van der Waals surface area contributed by atoms with Gasteiger partial charge in [-0.2, -0.15) is 28.4 Å². The lowest BCUT2D eigenvalue weighted by Gasteiger charge is -2.15. The molecule has 0 amide bonds. The lowest BCUT2D eigenvalue weighted by atomic mass is 10.0. The molecule has 0 fully saturated rings. The van der Waals surface area contributed by atoms with E-state index in [2.05, 4.69) is 35.6 Å². The van der Waals surface area contributed by atoms with E-state index in [0.29, 0.717) is 50.5 Å². The molecule has 0 atom stereocenters. The topological polar surface area (TPSA) is 206 Å². The molecule has 10 aromatic carbocycles. The maximum Gasteiger partial charge on any atom is 0.327 e. The molecule has 0 aliphatic carbocycles. The lowest BCUT2D eigenvalue weighted by Crippen LogP contribution is -2.07. The zero-order valence-corrected chi connectivity index (χ0v) is 43.6. The quantitative estimate of drug-likeness (QED) is 0.0257. The molecule has 18 heteroatoms. The highest BCUT2D eigenvalue weighted by Gasteiger charge is 2.20. The Kier molecular flexibility index (Phi) is 14.5. The van der Waals surface area contributed by atoms with Gasteiger partial charge in [0.05, 0.1) is 16.9 Å². The van der Waals surface area contributed by atoms with Gasteiger partial charge in [-0.25, -0.2) is 5.26 Å². The fourth-order valence-electron chi connectivity index (χ4n) is 9.12. The van der Waals surface area contributed by atoms with Gasteiger partial charge in [0.25, 0.3) is 10.1 Å². The summed E-state index contributed by atoms with van der Waals surface area (Å²) in [5.41, 5.74) is 1.83. The van der Waals surface area contributed by atoms with Crippen LogP contribution in [0.1, 0.15) is 11.1 Å². The smallest absolute Gasteiger partial charge is 0.327 e. The van der Waals surface area contributed by atoms with Crippen LogP contribution in [0, 0.1) is 0 Å². The van der Waals surface area contributed by atoms with Crippen LogP contribution >= 0.6 is 12.0 Å². The third-order valence-electron chi connectivity index (χ3n) is 12.9. The number of hydrogen-bond donors (Lipinski definition) is 4. The standard InChI is InChI=1S/C62H44N6O10S2/c69-77-78-79-55-35-49(63-57-37-59(73-51-27-21-39-9-1-5-13-45(39)31-51)67-61(65-57)75-53-29-23-41-11-3-7-15-47(41)33-53)25-19-43(55)17-18-44-20-26-50(36-56(44)80(70,71)72)64-58-38-60(74-52-28-22-40-10-2-6-14-46(40)32-52)68-62(66-58)76-54-30-24-42-12-4-8-16-48(42)34-54/h1-16,19-38,69H,17-18H2,(H,63,65,67)(H,64,66,68)(H,70,71,72). The van der Waals surface area contributed by atoms with Crippen molar-refractivity contribution in [1.29, 1.82) is 0 Å². The average molecular weight is 1100 g/mol. The fourth-order valence-corrected chi connectivity index (χ4v) is 10.5. The molecule has 2 aromatic heterocycles. The Morgan fingerprint density at radius 3 is 1.23 bits per heavy atom. The Labute approximate surface area is 462 Å². The first-order valence-corrected chi connectivity index (χ1v) is 27.1. The number of nitrogens with zero attached hydrogens (tertiary/aromatic N) is 4. The van der Waals surface area contributed by atoms with E-state index in [9.17, 15) is 18.2 Å². The van der Waals surface area contributed by atoms with E-state index in [1.165, 1.54) is 6.07 Å². The number of rotatable bonds is 19. The molecule has 0 saturated carbocycles. The molecule has 394 valence electrons. The molecule has 0 bridgehead atoms. The fraction of sp³-hybridized carbons (Fsp3) is 0.0323. The second kappa shape index (κ2) is 22.7. The molecule has 4 N–H and O–H groups in total. The number of ether oxygens (including phenoxy) is 4. The molecule has 80 heavy (non-hydrogen) atoms. The van der Waals surface area contributed by atoms with Crippen molar-refractivity contribution >= 4 is 88.3 Å². The highest BCUT2D eigenvalue weighted by atomic mass is 32.2. The van der Waals surface area contributed by atoms with Crippen molar-refractivity contribution in [3.8, 4) is 46.8 Å². The zero-order valence-electron chi connectivity index (χ0n) is 42.0. The Morgan fingerprint density at radius 1 is 0.412 bits per heavy atom. The van der Waals surface area contributed by atoms with E-state index in [1.54, 1.807) is 42.5 Å². The minimum absolute atomic E-state index is 0.0173. The van der Waals surface area contributed by atoms with Crippen LogP contribution < -0.4 is 29.6 Å². The first kappa shape index (κ1) is 51.1. The van der Waals surface area contributed by atoms with Crippen molar-refractivity contribution in [2.75, 3.05) is 10.6 Å². The minimum atomic E-state index is -4.77. The van der Waals surface area contributed by atoms with Crippen molar-refractivity contribution < 1.29 is 46.5 Å². The van der Waals surface area contributed by atoms with Gasteiger partial charge in [0.15, 0.2) is 0 Å². The Balaban J connectivity index is 0.800. The third kappa shape index (κ3) is 12.2. The Bertz CT molecular complexity index is 4200.